The van der Waals surface area contributed by atoms with Crippen molar-refractivity contribution < 1.29 is 13.5 Å². The standard InChI is InChI=1S/C11H21N3O3S/c1-4-10(15)6-7-12-18(16,17)11-8-14(5-2)9(3)13-11/h8,10,12,15H,4-7H2,1-3H3. The van der Waals surface area contributed by atoms with Crippen LogP contribution in [0.3, 0.4) is 0 Å². The molecule has 0 aliphatic carbocycles. The minimum Gasteiger partial charge on any atom is -0.393 e. The number of aryl methyl sites for hydroxylation is 2. The predicted octanol–water partition coefficient (Wildman–Crippen LogP) is 0.651. The molecule has 0 aromatic carbocycles. The van der Waals surface area contributed by atoms with E-state index in [0.717, 1.165) is 0 Å². The summed E-state index contributed by atoms with van der Waals surface area (Å²) >= 11 is 0. The zero-order valence-corrected chi connectivity index (χ0v) is 11.9. The first-order valence-electron chi connectivity index (χ1n) is 6.12. The Morgan fingerprint density at radius 1 is 1.50 bits per heavy atom. The monoisotopic (exact) mass is 275 g/mol. The first-order chi connectivity index (χ1) is 8.40. The van der Waals surface area contributed by atoms with E-state index in [4.69, 9.17) is 0 Å². The lowest BCUT2D eigenvalue weighted by Gasteiger charge is -2.08. The molecule has 18 heavy (non-hydrogen) atoms. The molecule has 0 radical (unpaired) electrons. The summed E-state index contributed by atoms with van der Waals surface area (Å²) in [4.78, 5) is 4.02. The van der Waals surface area contributed by atoms with E-state index in [1.807, 2.05) is 13.8 Å². The largest absolute Gasteiger partial charge is 0.393 e. The summed E-state index contributed by atoms with van der Waals surface area (Å²) in [6.07, 6.45) is 2.07. The second kappa shape index (κ2) is 6.31. The van der Waals surface area contributed by atoms with E-state index in [0.29, 0.717) is 25.2 Å². The molecule has 1 aromatic rings. The summed E-state index contributed by atoms with van der Waals surface area (Å²) in [6.45, 7) is 6.45. The minimum absolute atomic E-state index is 0.0350. The highest BCUT2D eigenvalue weighted by Gasteiger charge is 2.18. The van der Waals surface area contributed by atoms with Crippen molar-refractivity contribution in [3.63, 3.8) is 0 Å². The van der Waals surface area contributed by atoms with Gasteiger partial charge in [-0.1, -0.05) is 6.92 Å². The van der Waals surface area contributed by atoms with Crippen LogP contribution >= 0.6 is 0 Å². The van der Waals surface area contributed by atoms with E-state index < -0.39 is 16.1 Å². The molecule has 0 amide bonds. The van der Waals surface area contributed by atoms with Crippen LogP contribution in [-0.4, -0.2) is 35.7 Å². The van der Waals surface area contributed by atoms with E-state index in [2.05, 4.69) is 9.71 Å². The van der Waals surface area contributed by atoms with Gasteiger partial charge in [0.05, 0.1) is 6.10 Å². The average Bonchev–Trinajstić information content (AvgIpc) is 2.70. The fraction of sp³-hybridized carbons (Fsp3) is 0.727. The highest BCUT2D eigenvalue weighted by Crippen LogP contribution is 2.09. The molecule has 0 spiro atoms. The molecule has 6 nitrogen and oxygen atoms in total. The Balaban J connectivity index is 2.68. The van der Waals surface area contributed by atoms with Crippen LogP contribution < -0.4 is 4.72 Å². The molecule has 0 fully saturated rings. The van der Waals surface area contributed by atoms with Gasteiger partial charge in [-0.3, -0.25) is 0 Å². The van der Waals surface area contributed by atoms with E-state index >= 15 is 0 Å². The van der Waals surface area contributed by atoms with Crippen LogP contribution in [0.4, 0.5) is 0 Å². The predicted molar refractivity (Wildman–Crippen MR) is 68.7 cm³/mol. The molecule has 1 unspecified atom stereocenters. The zero-order chi connectivity index (χ0) is 13.8. The summed E-state index contributed by atoms with van der Waals surface area (Å²) < 4.78 is 28.0. The third-order valence-electron chi connectivity index (χ3n) is 2.81. The van der Waals surface area contributed by atoms with Crippen LogP contribution in [-0.2, 0) is 16.6 Å². The molecule has 0 saturated carbocycles. The zero-order valence-electron chi connectivity index (χ0n) is 11.0. The average molecular weight is 275 g/mol. The summed E-state index contributed by atoms with van der Waals surface area (Å²) in [5.74, 6) is 0.673. The second-order valence-electron chi connectivity index (χ2n) is 4.16. The molecule has 1 heterocycles. The molecule has 2 N–H and O–H groups in total. The van der Waals surface area contributed by atoms with Crippen LogP contribution in [0.15, 0.2) is 11.2 Å². The van der Waals surface area contributed by atoms with Gasteiger partial charge in [0, 0.05) is 19.3 Å². The maximum Gasteiger partial charge on any atom is 0.259 e. The van der Waals surface area contributed by atoms with Gasteiger partial charge in [0.1, 0.15) is 5.82 Å². The highest BCUT2D eigenvalue weighted by molar-refractivity contribution is 7.89. The fourth-order valence-electron chi connectivity index (χ4n) is 1.57. The number of imidazole rings is 1. The highest BCUT2D eigenvalue weighted by atomic mass is 32.2. The molecule has 1 aromatic heterocycles. The molecule has 104 valence electrons. The Morgan fingerprint density at radius 3 is 2.67 bits per heavy atom. The molecular weight excluding hydrogens is 254 g/mol. The number of aliphatic hydroxyl groups excluding tert-OH is 1. The Kier molecular flexibility index (Phi) is 5.30. The van der Waals surface area contributed by atoms with E-state index in [-0.39, 0.29) is 11.6 Å². The third kappa shape index (κ3) is 3.79. The molecule has 0 aliphatic rings. The fourth-order valence-corrected chi connectivity index (χ4v) is 2.62. The minimum atomic E-state index is -3.57. The lowest BCUT2D eigenvalue weighted by atomic mass is 10.2. The maximum atomic E-state index is 11.9. The SMILES string of the molecule is CCC(O)CCNS(=O)(=O)c1cn(CC)c(C)n1. The van der Waals surface area contributed by atoms with Crippen molar-refractivity contribution in [1.82, 2.24) is 14.3 Å². The van der Waals surface area contributed by atoms with E-state index in [1.54, 1.807) is 11.5 Å². The van der Waals surface area contributed by atoms with Crippen molar-refractivity contribution in [3.8, 4) is 0 Å². The summed E-state index contributed by atoms with van der Waals surface area (Å²) in [7, 11) is -3.57. The summed E-state index contributed by atoms with van der Waals surface area (Å²) in [5, 5.41) is 9.39. The van der Waals surface area contributed by atoms with Crippen LogP contribution in [0.25, 0.3) is 0 Å². The van der Waals surface area contributed by atoms with Gasteiger partial charge in [-0.2, -0.15) is 0 Å². The van der Waals surface area contributed by atoms with Crippen molar-refractivity contribution in [1.29, 1.82) is 0 Å². The number of aromatic nitrogens is 2. The van der Waals surface area contributed by atoms with Crippen molar-refractivity contribution in [2.75, 3.05) is 6.54 Å². The Bertz CT molecular complexity index is 482. The second-order valence-corrected chi connectivity index (χ2v) is 5.87. The normalized spacial score (nSPS) is 13.8. The molecule has 1 rings (SSSR count). The number of sulfonamides is 1. The van der Waals surface area contributed by atoms with Gasteiger partial charge in [-0.05, 0) is 26.7 Å². The van der Waals surface area contributed by atoms with Crippen LogP contribution in [0.2, 0.25) is 0 Å². The van der Waals surface area contributed by atoms with Gasteiger partial charge in [-0.25, -0.2) is 18.1 Å². The lowest BCUT2D eigenvalue weighted by Crippen LogP contribution is -2.27. The molecule has 7 heteroatoms. The van der Waals surface area contributed by atoms with E-state index in [9.17, 15) is 13.5 Å². The van der Waals surface area contributed by atoms with Crippen LogP contribution in [0.5, 0.6) is 0 Å². The van der Waals surface area contributed by atoms with Crippen molar-refractivity contribution in [3.05, 3.63) is 12.0 Å². The number of nitrogens with zero attached hydrogens (tertiary/aromatic N) is 2. The van der Waals surface area contributed by atoms with E-state index in [1.165, 1.54) is 6.20 Å². The molecular formula is C11H21N3O3S. The Morgan fingerprint density at radius 2 is 2.17 bits per heavy atom. The number of aliphatic hydroxyl groups is 1. The first-order valence-corrected chi connectivity index (χ1v) is 7.60. The van der Waals surface area contributed by atoms with Gasteiger partial charge >= 0.3 is 0 Å². The first kappa shape index (κ1) is 15.1. The number of nitrogens with one attached hydrogen (secondary N) is 1. The van der Waals surface area contributed by atoms with Crippen molar-refractivity contribution >= 4 is 10.0 Å². The van der Waals surface area contributed by atoms with Crippen molar-refractivity contribution in [2.24, 2.45) is 0 Å². The Labute approximate surface area is 108 Å². The van der Waals surface area contributed by atoms with Gasteiger partial charge < -0.3 is 9.67 Å². The van der Waals surface area contributed by atoms with Gasteiger partial charge in [0.15, 0.2) is 5.03 Å². The Hall–Kier alpha value is -0.920. The van der Waals surface area contributed by atoms with Crippen LogP contribution in [0, 0.1) is 6.92 Å². The molecule has 0 saturated heterocycles. The molecule has 0 aliphatic heterocycles. The number of rotatable bonds is 7. The number of hydrogen-bond acceptors (Lipinski definition) is 4. The van der Waals surface area contributed by atoms with Gasteiger partial charge in [0.2, 0.25) is 0 Å². The van der Waals surface area contributed by atoms with Crippen molar-refractivity contribution in [2.45, 2.75) is 51.3 Å². The molecule has 0 bridgehead atoms. The smallest absolute Gasteiger partial charge is 0.259 e. The topological polar surface area (TPSA) is 84.2 Å². The third-order valence-corrected chi connectivity index (χ3v) is 4.14. The van der Waals surface area contributed by atoms with Crippen LogP contribution in [0.1, 0.15) is 32.5 Å². The summed E-state index contributed by atoms with van der Waals surface area (Å²) in [5.41, 5.74) is 0. The summed E-state index contributed by atoms with van der Waals surface area (Å²) in [6, 6.07) is 0. The maximum absolute atomic E-state index is 11.9. The van der Waals surface area contributed by atoms with Gasteiger partial charge in [0.25, 0.3) is 10.0 Å². The molecule has 1 atom stereocenters. The quantitative estimate of drug-likeness (QED) is 0.765. The number of hydrogen-bond donors (Lipinski definition) is 2. The lowest BCUT2D eigenvalue weighted by molar-refractivity contribution is 0.162. The van der Waals surface area contributed by atoms with Gasteiger partial charge in [-0.15, -0.1) is 0 Å².